The van der Waals surface area contributed by atoms with Gasteiger partial charge in [0.05, 0.1) is 22.7 Å². The molecule has 0 aliphatic heterocycles. The SMILES string of the molecule is c1ccc2ccc(N=Nc3ccc(-c4ccc(N=Nc5ccc6cccccc5-6)cc4)cc3)c-2cc1. The van der Waals surface area contributed by atoms with Gasteiger partial charge in [-0.15, -0.1) is 10.2 Å². The van der Waals surface area contributed by atoms with Gasteiger partial charge < -0.3 is 0 Å². The zero-order valence-electron chi connectivity index (χ0n) is 19.5. The second-order valence-electron chi connectivity index (χ2n) is 8.49. The van der Waals surface area contributed by atoms with E-state index in [0.717, 1.165) is 56.1 Å². The van der Waals surface area contributed by atoms with Crippen molar-refractivity contribution in [3.05, 3.63) is 133 Å². The van der Waals surface area contributed by atoms with Gasteiger partial charge in [0, 0.05) is 11.1 Å². The van der Waals surface area contributed by atoms with E-state index in [1.807, 2.05) is 72.8 Å². The maximum absolute atomic E-state index is 4.47. The summed E-state index contributed by atoms with van der Waals surface area (Å²) in [5.41, 5.74) is 10.1. The number of hydrogen-bond acceptors (Lipinski definition) is 4. The molecule has 0 aromatic heterocycles. The lowest BCUT2D eigenvalue weighted by Gasteiger charge is -2.02. The molecule has 0 saturated heterocycles. The minimum Gasteiger partial charge on any atom is -0.151 e. The van der Waals surface area contributed by atoms with Crippen molar-refractivity contribution in [3.8, 4) is 33.4 Å². The molecule has 0 bridgehead atoms. The van der Waals surface area contributed by atoms with Crippen molar-refractivity contribution in [2.24, 2.45) is 20.5 Å². The van der Waals surface area contributed by atoms with E-state index in [0.29, 0.717) is 0 Å². The van der Waals surface area contributed by atoms with Crippen LogP contribution < -0.4 is 0 Å². The van der Waals surface area contributed by atoms with Crippen LogP contribution in [0.25, 0.3) is 33.4 Å². The lowest BCUT2D eigenvalue weighted by atomic mass is 10.1. The minimum atomic E-state index is 0.814. The number of azo groups is 2. The molecule has 4 heteroatoms. The van der Waals surface area contributed by atoms with Crippen LogP contribution in [0.4, 0.5) is 22.7 Å². The summed E-state index contributed by atoms with van der Waals surface area (Å²) in [4.78, 5) is 0. The van der Waals surface area contributed by atoms with Crippen LogP contribution in [0.2, 0.25) is 0 Å². The highest BCUT2D eigenvalue weighted by Gasteiger charge is 2.08. The number of rotatable bonds is 5. The molecule has 0 spiro atoms. The highest BCUT2D eigenvalue weighted by atomic mass is 15.1. The van der Waals surface area contributed by atoms with Crippen molar-refractivity contribution >= 4 is 22.7 Å². The van der Waals surface area contributed by atoms with Crippen LogP contribution in [0.15, 0.2) is 154 Å². The van der Waals surface area contributed by atoms with Crippen LogP contribution in [0.1, 0.15) is 0 Å². The summed E-state index contributed by atoms with van der Waals surface area (Å²) >= 11 is 0. The first-order chi connectivity index (χ1) is 17.8. The van der Waals surface area contributed by atoms with Crippen LogP contribution in [0, 0.1) is 0 Å². The lowest BCUT2D eigenvalue weighted by molar-refractivity contribution is 1.24. The van der Waals surface area contributed by atoms with E-state index in [2.05, 4.69) is 81.1 Å². The van der Waals surface area contributed by atoms with Crippen LogP contribution >= 0.6 is 0 Å². The van der Waals surface area contributed by atoms with Crippen LogP contribution in [0.5, 0.6) is 0 Å². The number of fused-ring (bicyclic) bond motifs is 2. The standard InChI is InChI=1S/C32H22N4/c1-3-7-25-15-21-31(29(25)9-5-1)35-33-27-17-11-23(12-18-27)24-13-19-28(20-14-24)34-36-32-22-16-26-8-4-2-6-10-30(26)32/h1-22H. The Bertz CT molecular complexity index is 1490. The third-order valence-corrected chi connectivity index (χ3v) is 6.15. The fraction of sp³-hybridized carbons (Fsp3) is 0. The highest BCUT2D eigenvalue weighted by molar-refractivity contribution is 5.80. The van der Waals surface area contributed by atoms with Crippen molar-refractivity contribution in [1.29, 1.82) is 0 Å². The molecular weight excluding hydrogens is 440 g/mol. The molecule has 0 unspecified atom stereocenters. The Morgan fingerprint density at radius 1 is 0.278 bits per heavy atom. The number of nitrogens with zero attached hydrogens (tertiary/aromatic N) is 4. The fourth-order valence-corrected chi connectivity index (χ4v) is 4.24. The third-order valence-electron chi connectivity index (χ3n) is 6.15. The highest BCUT2D eigenvalue weighted by Crippen LogP contribution is 2.36. The smallest absolute Gasteiger partial charge is 0.0935 e. The van der Waals surface area contributed by atoms with Gasteiger partial charge in [0.1, 0.15) is 0 Å². The molecule has 6 rings (SSSR count). The van der Waals surface area contributed by atoms with Crippen LogP contribution in [-0.4, -0.2) is 0 Å². The van der Waals surface area contributed by atoms with Crippen molar-refractivity contribution in [3.63, 3.8) is 0 Å². The summed E-state index contributed by atoms with van der Waals surface area (Å²) in [6.07, 6.45) is 0. The molecule has 4 nitrogen and oxygen atoms in total. The predicted molar refractivity (Wildman–Crippen MR) is 146 cm³/mol. The molecule has 0 heterocycles. The Labute approximate surface area is 210 Å². The monoisotopic (exact) mass is 462 g/mol. The van der Waals surface area contributed by atoms with Crippen molar-refractivity contribution in [2.45, 2.75) is 0 Å². The third kappa shape index (κ3) is 4.52. The van der Waals surface area contributed by atoms with E-state index in [1.54, 1.807) is 0 Å². The first-order valence-electron chi connectivity index (χ1n) is 11.8. The van der Waals surface area contributed by atoms with E-state index in [9.17, 15) is 0 Å². The molecule has 0 amide bonds. The number of hydrogen-bond donors (Lipinski definition) is 0. The lowest BCUT2D eigenvalue weighted by Crippen LogP contribution is -1.76. The summed E-state index contributed by atoms with van der Waals surface area (Å²) in [7, 11) is 0. The maximum atomic E-state index is 4.47. The van der Waals surface area contributed by atoms with Crippen molar-refractivity contribution < 1.29 is 0 Å². The first kappa shape index (κ1) is 21.6. The van der Waals surface area contributed by atoms with Gasteiger partial charge in [0.15, 0.2) is 0 Å². The molecule has 170 valence electrons. The van der Waals surface area contributed by atoms with Crippen LogP contribution in [0.3, 0.4) is 0 Å². The molecule has 0 radical (unpaired) electrons. The summed E-state index contributed by atoms with van der Waals surface area (Å²) in [5, 5.41) is 17.8. The summed E-state index contributed by atoms with van der Waals surface area (Å²) in [5.74, 6) is 0. The normalized spacial score (nSPS) is 11.7. The van der Waals surface area contributed by atoms with E-state index >= 15 is 0 Å². The Hall–Kier alpha value is -4.96. The summed E-state index contributed by atoms with van der Waals surface area (Å²) in [6, 6.07) is 44.7. The van der Waals surface area contributed by atoms with Gasteiger partial charge in [-0.25, -0.2) is 0 Å². The van der Waals surface area contributed by atoms with E-state index < -0.39 is 0 Å². The Morgan fingerprint density at radius 3 is 1.11 bits per heavy atom. The van der Waals surface area contributed by atoms with Gasteiger partial charge in [-0.3, -0.25) is 0 Å². The van der Waals surface area contributed by atoms with E-state index in [-0.39, 0.29) is 0 Å². The molecule has 2 aromatic carbocycles. The molecule has 0 saturated carbocycles. The average molecular weight is 463 g/mol. The summed E-state index contributed by atoms with van der Waals surface area (Å²) in [6.45, 7) is 0. The Kier molecular flexibility index (Phi) is 5.83. The minimum absolute atomic E-state index is 0.814. The van der Waals surface area contributed by atoms with Crippen LogP contribution in [-0.2, 0) is 0 Å². The van der Waals surface area contributed by atoms with Gasteiger partial charge in [0.25, 0.3) is 0 Å². The quantitative estimate of drug-likeness (QED) is 0.229. The van der Waals surface area contributed by atoms with Gasteiger partial charge in [-0.2, -0.15) is 10.2 Å². The zero-order valence-corrected chi connectivity index (χ0v) is 19.5. The topological polar surface area (TPSA) is 49.4 Å². The Balaban J connectivity index is 1.15. The molecule has 2 aromatic rings. The first-order valence-corrected chi connectivity index (χ1v) is 11.8. The van der Waals surface area contributed by atoms with E-state index in [4.69, 9.17) is 0 Å². The molecule has 36 heavy (non-hydrogen) atoms. The average Bonchev–Trinajstić information content (AvgIpc) is 3.28. The maximum Gasteiger partial charge on any atom is 0.0935 e. The predicted octanol–water partition coefficient (Wildman–Crippen LogP) is 10.4. The Morgan fingerprint density at radius 2 is 0.667 bits per heavy atom. The van der Waals surface area contributed by atoms with E-state index in [1.165, 1.54) is 0 Å². The van der Waals surface area contributed by atoms with Crippen molar-refractivity contribution in [2.75, 3.05) is 0 Å². The van der Waals surface area contributed by atoms with Gasteiger partial charge in [0.2, 0.25) is 0 Å². The molecule has 0 N–H and O–H groups in total. The molecule has 4 aliphatic carbocycles. The zero-order chi connectivity index (χ0) is 24.2. The second kappa shape index (κ2) is 9.72. The summed E-state index contributed by atoms with van der Waals surface area (Å²) < 4.78 is 0. The number of benzene rings is 2. The van der Waals surface area contributed by atoms with Gasteiger partial charge in [-0.05, 0) is 58.7 Å². The van der Waals surface area contributed by atoms with Crippen molar-refractivity contribution in [1.82, 2.24) is 0 Å². The fourth-order valence-electron chi connectivity index (χ4n) is 4.24. The molecule has 0 fully saturated rings. The largest absolute Gasteiger partial charge is 0.151 e. The van der Waals surface area contributed by atoms with Gasteiger partial charge in [-0.1, -0.05) is 97.1 Å². The van der Waals surface area contributed by atoms with Gasteiger partial charge >= 0.3 is 0 Å². The molecule has 0 atom stereocenters. The molecule has 4 aliphatic rings. The second-order valence-corrected chi connectivity index (χ2v) is 8.49. The molecular formula is C32H22N4.